The molecule has 7 heteroatoms. The molecule has 0 spiro atoms. The molecule has 5 rings (SSSR count). The second-order valence-electron chi connectivity index (χ2n) is 6.96. The van der Waals surface area contributed by atoms with Crippen molar-refractivity contribution in [3.8, 4) is 29.1 Å². The van der Waals surface area contributed by atoms with Gasteiger partial charge in [0.05, 0.1) is 11.3 Å². The Labute approximate surface area is 174 Å². The fraction of sp³-hybridized carbons (Fsp3) is 0. The zero-order valence-electron chi connectivity index (χ0n) is 15.6. The van der Waals surface area contributed by atoms with Crippen molar-refractivity contribution in [2.75, 3.05) is 0 Å². The van der Waals surface area contributed by atoms with E-state index in [-0.39, 0.29) is 28.0 Å². The maximum absolute atomic E-state index is 14.8. The maximum atomic E-state index is 14.8. The molecule has 0 unspecified atom stereocenters. The summed E-state index contributed by atoms with van der Waals surface area (Å²) in [6, 6.07) is 12.9. The molecule has 31 heavy (non-hydrogen) atoms. The third-order valence-electron chi connectivity index (χ3n) is 5.38. The van der Waals surface area contributed by atoms with Crippen molar-refractivity contribution in [1.82, 2.24) is 4.98 Å². The number of fused-ring (bicyclic) bond motifs is 4. The molecule has 0 saturated heterocycles. The minimum absolute atomic E-state index is 0.0699. The second-order valence-corrected chi connectivity index (χ2v) is 6.96. The lowest BCUT2D eigenvalue weighted by atomic mass is 9.91. The molecular formula is C24H9F2N3O2. The molecule has 0 fully saturated rings. The summed E-state index contributed by atoms with van der Waals surface area (Å²) < 4.78 is 28.7. The first kappa shape index (κ1) is 18.4. The van der Waals surface area contributed by atoms with E-state index in [9.17, 15) is 29.2 Å². The van der Waals surface area contributed by atoms with E-state index >= 15 is 0 Å². The summed E-state index contributed by atoms with van der Waals surface area (Å²) in [5.41, 5.74) is 0.686. The predicted molar refractivity (Wildman–Crippen MR) is 106 cm³/mol. The van der Waals surface area contributed by atoms with Gasteiger partial charge in [-0.15, -0.1) is 0 Å². The monoisotopic (exact) mass is 409 g/mol. The highest BCUT2D eigenvalue weighted by atomic mass is 19.1. The van der Waals surface area contributed by atoms with Gasteiger partial charge in [-0.25, -0.2) is 8.78 Å². The molecule has 2 aliphatic carbocycles. The van der Waals surface area contributed by atoms with Gasteiger partial charge in [0.25, 0.3) is 0 Å². The molecule has 2 aromatic carbocycles. The van der Waals surface area contributed by atoms with E-state index in [4.69, 9.17) is 0 Å². The van der Waals surface area contributed by atoms with Crippen LogP contribution < -0.4 is 0 Å². The summed E-state index contributed by atoms with van der Waals surface area (Å²) >= 11 is 0. The van der Waals surface area contributed by atoms with Gasteiger partial charge in [0, 0.05) is 45.7 Å². The number of allylic oxidation sites excluding steroid dienone is 3. The standard InChI is InChI=1S/C24H9F2N3O2/c25-12-7-15-20(16(26)8-12)18(11(9-27)10-28)22(24(15)31)19-13-3-1-5-17(30)21(13)23-14(19)4-2-6-29-23/h1-8,30H/b22-19-. The lowest BCUT2D eigenvalue weighted by Crippen LogP contribution is -2.01. The largest absolute Gasteiger partial charge is 0.507 e. The number of Topliss-reactive ketones (excluding diaryl/α,β-unsaturated/α-hetero) is 1. The van der Waals surface area contributed by atoms with Crippen molar-refractivity contribution in [3.63, 3.8) is 0 Å². The van der Waals surface area contributed by atoms with Crippen LogP contribution in [0.25, 0.3) is 22.4 Å². The van der Waals surface area contributed by atoms with Crippen molar-refractivity contribution in [1.29, 1.82) is 10.5 Å². The van der Waals surface area contributed by atoms with Gasteiger partial charge in [-0.2, -0.15) is 10.5 Å². The Kier molecular flexibility index (Phi) is 3.83. The number of hydrogen-bond acceptors (Lipinski definition) is 5. The van der Waals surface area contributed by atoms with Crippen LogP contribution in [0.3, 0.4) is 0 Å². The Balaban J connectivity index is 2.01. The summed E-state index contributed by atoms with van der Waals surface area (Å²) in [6.07, 6.45) is 1.52. The molecular weight excluding hydrogens is 400 g/mol. The van der Waals surface area contributed by atoms with Crippen LogP contribution in [0.5, 0.6) is 5.75 Å². The molecule has 1 aromatic heterocycles. The third kappa shape index (κ3) is 2.38. The number of phenols is 1. The number of pyridine rings is 1. The van der Waals surface area contributed by atoms with E-state index in [1.807, 2.05) is 0 Å². The Morgan fingerprint density at radius 1 is 0.935 bits per heavy atom. The Morgan fingerprint density at radius 2 is 1.68 bits per heavy atom. The Morgan fingerprint density at radius 3 is 2.42 bits per heavy atom. The first-order chi connectivity index (χ1) is 15.0. The van der Waals surface area contributed by atoms with Gasteiger partial charge in [-0.1, -0.05) is 18.2 Å². The van der Waals surface area contributed by atoms with E-state index in [2.05, 4.69) is 4.98 Å². The smallest absolute Gasteiger partial charge is 0.195 e. The highest BCUT2D eigenvalue weighted by Gasteiger charge is 2.41. The minimum Gasteiger partial charge on any atom is -0.507 e. The molecule has 0 atom stereocenters. The van der Waals surface area contributed by atoms with E-state index in [0.29, 0.717) is 34.0 Å². The van der Waals surface area contributed by atoms with Crippen molar-refractivity contribution in [2.24, 2.45) is 0 Å². The Bertz CT molecular complexity index is 1490. The van der Waals surface area contributed by atoms with Crippen LogP contribution in [0.2, 0.25) is 0 Å². The molecule has 0 bridgehead atoms. The van der Waals surface area contributed by atoms with Crippen LogP contribution in [0.4, 0.5) is 8.78 Å². The number of ketones is 1. The number of nitriles is 2. The van der Waals surface area contributed by atoms with Gasteiger partial charge in [-0.3, -0.25) is 9.78 Å². The number of hydrogen-bond donors (Lipinski definition) is 1. The van der Waals surface area contributed by atoms with E-state index in [1.54, 1.807) is 36.4 Å². The van der Waals surface area contributed by atoms with E-state index in [0.717, 1.165) is 6.07 Å². The fourth-order valence-electron chi connectivity index (χ4n) is 4.22. The SMILES string of the molecule is N#CC(C#N)=C1/C(=C2/c3cccnc3-c3c(O)cccc32)C(=O)c2cc(F)cc(F)c21. The number of carbonyl (C=O) groups is 1. The van der Waals surface area contributed by atoms with Crippen molar-refractivity contribution in [3.05, 3.63) is 93.7 Å². The van der Waals surface area contributed by atoms with Crippen LogP contribution in [0.1, 0.15) is 27.0 Å². The number of nitrogens with zero attached hydrogens (tertiary/aromatic N) is 3. The number of rotatable bonds is 0. The van der Waals surface area contributed by atoms with Crippen LogP contribution in [0.15, 0.2) is 59.8 Å². The van der Waals surface area contributed by atoms with Gasteiger partial charge < -0.3 is 5.11 Å². The quantitative estimate of drug-likeness (QED) is 0.340. The molecule has 0 aliphatic heterocycles. The Hall–Kier alpha value is -4.62. The average molecular weight is 409 g/mol. The number of carbonyl (C=O) groups excluding carboxylic acids is 1. The third-order valence-corrected chi connectivity index (χ3v) is 5.38. The fourth-order valence-corrected chi connectivity index (χ4v) is 4.22. The van der Waals surface area contributed by atoms with E-state index in [1.165, 1.54) is 12.3 Å². The molecule has 3 aromatic rings. The molecule has 5 nitrogen and oxygen atoms in total. The van der Waals surface area contributed by atoms with Crippen molar-refractivity contribution in [2.45, 2.75) is 0 Å². The summed E-state index contributed by atoms with van der Waals surface area (Å²) in [4.78, 5) is 17.7. The molecule has 1 N–H and O–H groups in total. The predicted octanol–water partition coefficient (Wildman–Crippen LogP) is 4.54. The lowest BCUT2D eigenvalue weighted by Gasteiger charge is -2.10. The van der Waals surface area contributed by atoms with Crippen LogP contribution in [0, 0.1) is 34.3 Å². The van der Waals surface area contributed by atoms with Gasteiger partial charge in [0.15, 0.2) is 5.78 Å². The van der Waals surface area contributed by atoms with E-state index < -0.39 is 23.0 Å². The lowest BCUT2D eigenvalue weighted by molar-refractivity contribution is 0.104. The van der Waals surface area contributed by atoms with Crippen LogP contribution >= 0.6 is 0 Å². The van der Waals surface area contributed by atoms with Crippen molar-refractivity contribution >= 4 is 16.9 Å². The highest BCUT2D eigenvalue weighted by molar-refractivity contribution is 6.33. The normalized spacial score (nSPS) is 15.7. The van der Waals surface area contributed by atoms with Gasteiger partial charge in [0.2, 0.25) is 0 Å². The molecule has 2 aliphatic rings. The summed E-state index contributed by atoms with van der Waals surface area (Å²) in [7, 11) is 0. The number of aromatic hydroxyl groups is 1. The summed E-state index contributed by atoms with van der Waals surface area (Å²) in [6.45, 7) is 0. The van der Waals surface area contributed by atoms with Crippen molar-refractivity contribution < 1.29 is 18.7 Å². The number of aromatic nitrogens is 1. The number of benzene rings is 2. The summed E-state index contributed by atoms with van der Waals surface area (Å²) in [5, 5.41) is 29.5. The van der Waals surface area contributed by atoms with Gasteiger partial charge >= 0.3 is 0 Å². The maximum Gasteiger partial charge on any atom is 0.195 e. The molecule has 0 radical (unpaired) electrons. The van der Waals surface area contributed by atoms with Gasteiger partial charge in [-0.05, 0) is 23.8 Å². The zero-order valence-corrected chi connectivity index (χ0v) is 15.6. The first-order valence-corrected chi connectivity index (χ1v) is 9.09. The summed E-state index contributed by atoms with van der Waals surface area (Å²) in [5.74, 6) is -2.78. The molecule has 0 amide bonds. The second kappa shape index (κ2) is 6.45. The number of phenolic OH excluding ortho intramolecular Hbond substituents is 1. The minimum atomic E-state index is -1.04. The van der Waals surface area contributed by atoms with Crippen LogP contribution in [-0.2, 0) is 0 Å². The molecule has 0 saturated carbocycles. The zero-order chi connectivity index (χ0) is 21.9. The molecule has 1 heterocycles. The average Bonchev–Trinajstić information content (AvgIpc) is 3.22. The topological polar surface area (TPSA) is 97.8 Å². The first-order valence-electron chi connectivity index (χ1n) is 9.09. The number of halogens is 2. The highest BCUT2D eigenvalue weighted by Crippen LogP contribution is 2.53. The van der Waals surface area contributed by atoms with Crippen LogP contribution in [-0.4, -0.2) is 15.9 Å². The molecule has 146 valence electrons. The van der Waals surface area contributed by atoms with Gasteiger partial charge in [0.1, 0.15) is 35.1 Å².